The summed E-state index contributed by atoms with van der Waals surface area (Å²) in [5.74, 6) is -0.226. The number of fused-ring (bicyclic) bond motifs is 4. The topological polar surface area (TPSA) is 49.3 Å². The van der Waals surface area contributed by atoms with Crippen LogP contribution in [0.25, 0.3) is 10.2 Å². The molecule has 0 amide bonds. The maximum Gasteiger partial charge on any atom is 0.183 e. The second-order valence-corrected chi connectivity index (χ2v) is 10.3. The van der Waals surface area contributed by atoms with Crippen LogP contribution in [0.4, 0.5) is 15.2 Å². The lowest BCUT2D eigenvalue weighted by Crippen LogP contribution is -2.19. The largest absolute Gasteiger partial charge is 0.361 e. The van der Waals surface area contributed by atoms with Crippen molar-refractivity contribution in [3.8, 4) is 0 Å². The van der Waals surface area contributed by atoms with Gasteiger partial charge in [-0.3, -0.25) is 0 Å². The van der Waals surface area contributed by atoms with E-state index in [1.165, 1.54) is 40.2 Å². The predicted molar refractivity (Wildman–Crippen MR) is 133 cm³/mol. The molecule has 1 aliphatic carbocycles. The number of hydrogen-bond donors (Lipinski definition) is 2. The van der Waals surface area contributed by atoms with E-state index in [9.17, 15) is 4.39 Å². The molecule has 0 spiro atoms. The van der Waals surface area contributed by atoms with Crippen LogP contribution in [0.3, 0.4) is 0 Å². The summed E-state index contributed by atoms with van der Waals surface area (Å²) >= 11 is 3.33. The number of nitrogens with one attached hydrogen (secondary N) is 2. The monoisotopic (exact) mass is 460 g/mol. The van der Waals surface area contributed by atoms with E-state index >= 15 is 0 Å². The predicted octanol–water partition coefficient (Wildman–Crippen LogP) is 6.08. The van der Waals surface area contributed by atoms with E-state index in [4.69, 9.17) is 4.99 Å². The number of hydrogen-bond acceptors (Lipinski definition) is 5. The summed E-state index contributed by atoms with van der Waals surface area (Å²) < 4.78 is 14.2. The van der Waals surface area contributed by atoms with Gasteiger partial charge in [0.05, 0.1) is 21.9 Å². The molecule has 1 aromatic heterocycles. The van der Waals surface area contributed by atoms with Crippen molar-refractivity contribution in [3.63, 3.8) is 0 Å². The van der Waals surface area contributed by atoms with Crippen LogP contribution in [-0.4, -0.2) is 21.9 Å². The van der Waals surface area contributed by atoms with Crippen molar-refractivity contribution in [1.29, 1.82) is 0 Å². The number of rotatable bonds is 5. The van der Waals surface area contributed by atoms with Gasteiger partial charge in [0.2, 0.25) is 0 Å². The zero-order chi connectivity index (χ0) is 21.5. The Morgan fingerprint density at radius 1 is 1.09 bits per heavy atom. The Balaban J connectivity index is 1.06. The summed E-state index contributed by atoms with van der Waals surface area (Å²) in [6.45, 7) is 0.774. The Morgan fingerprint density at radius 2 is 1.97 bits per heavy atom. The highest BCUT2D eigenvalue weighted by Crippen LogP contribution is 2.43. The van der Waals surface area contributed by atoms with Crippen LogP contribution in [-0.2, 0) is 12.8 Å². The SMILES string of the molecule is Fc1ccc2nc(NCCc3ccc(/N=C4/N[C@H]5c6ccccc6CC5S4)cc3)sc2c1. The van der Waals surface area contributed by atoms with Gasteiger partial charge in [-0.1, -0.05) is 59.5 Å². The van der Waals surface area contributed by atoms with Gasteiger partial charge >= 0.3 is 0 Å². The summed E-state index contributed by atoms with van der Waals surface area (Å²) in [6, 6.07) is 22.2. The molecule has 4 nitrogen and oxygen atoms in total. The van der Waals surface area contributed by atoms with Crippen molar-refractivity contribution < 1.29 is 4.39 Å². The average molecular weight is 461 g/mol. The molecule has 1 fully saturated rings. The number of halogens is 1. The molecule has 7 heteroatoms. The maximum atomic E-state index is 13.3. The van der Waals surface area contributed by atoms with E-state index in [-0.39, 0.29) is 5.82 Å². The number of nitrogens with zero attached hydrogens (tertiary/aromatic N) is 2. The Hall–Kier alpha value is -2.90. The van der Waals surface area contributed by atoms with Crippen LogP contribution in [0, 0.1) is 5.82 Å². The first-order valence-electron chi connectivity index (χ1n) is 10.7. The molecule has 0 bridgehead atoms. The molecule has 2 heterocycles. The summed E-state index contributed by atoms with van der Waals surface area (Å²) in [5.41, 5.74) is 5.91. The highest BCUT2D eigenvalue weighted by molar-refractivity contribution is 8.14. The lowest BCUT2D eigenvalue weighted by Gasteiger charge is -2.09. The molecule has 160 valence electrons. The van der Waals surface area contributed by atoms with Crippen molar-refractivity contribution in [2.45, 2.75) is 24.1 Å². The van der Waals surface area contributed by atoms with E-state index in [2.05, 4.69) is 64.1 Å². The molecule has 0 radical (unpaired) electrons. The van der Waals surface area contributed by atoms with Crippen LogP contribution >= 0.6 is 23.1 Å². The minimum Gasteiger partial charge on any atom is -0.361 e. The van der Waals surface area contributed by atoms with Gasteiger partial charge in [-0.05, 0) is 59.9 Å². The van der Waals surface area contributed by atoms with Gasteiger partial charge in [-0.15, -0.1) is 0 Å². The third-order valence-corrected chi connectivity index (χ3v) is 8.08. The minimum absolute atomic E-state index is 0.226. The molecule has 0 saturated carbocycles. The van der Waals surface area contributed by atoms with Crippen LogP contribution in [0.15, 0.2) is 71.7 Å². The van der Waals surface area contributed by atoms with Crippen molar-refractivity contribution in [3.05, 3.63) is 89.2 Å². The minimum atomic E-state index is -0.226. The molecule has 3 aromatic carbocycles. The van der Waals surface area contributed by atoms with Gasteiger partial charge in [0.25, 0.3) is 0 Å². The second kappa shape index (κ2) is 8.22. The summed E-state index contributed by atoms with van der Waals surface area (Å²) in [5, 5.41) is 9.33. The molecule has 32 heavy (non-hydrogen) atoms. The Labute approximate surface area is 194 Å². The molecular formula is C25H21FN4S2. The van der Waals surface area contributed by atoms with Gasteiger partial charge in [0.15, 0.2) is 10.3 Å². The molecule has 6 rings (SSSR count). The number of anilines is 1. The second-order valence-electron chi connectivity index (χ2n) is 8.07. The van der Waals surface area contributed by atoms with E-state index in [1.54, 1.807) is 6.07 Å². The van der Waals surface area contributed by atoms with Gasteiger partial charge in [0, 0.05) is 11.8 Å². The standard InChI is InChI=1S/C25H21FN4S2/c26-17-7-10-20-21(14-17)31-24(29-20)27-12-11-15-5-8-18(9-6-15)28-25-30-23-19-4-2-1-3-16(19)13-22(23)32-25/h1-10,14,22-23H,11-13H2,(H,27,29)(H,28,30)/t22?,23-/m0/s1. The molecule has 1 unspecified atom stereocenters. The Bertz CT molecular complexity index is 1320. The molecular weight excluding hydrogens is 439 g/mol. The van der Waals surface area contributed by atoms with Gasteiger partial charge in [-0.25, -0.2) is 14.4 Å². The fourth-order valence-corrected chi connectivity index (χ4v) is 6.52. The maximum absolute atomic E-state index is 13.3. The highest BCUT2D eigenvalue weighted by Gasteiger charge is 2.39. The van der Waals surface area contributed by atoms with Gasteiger partial charge in [-0.2, -0.15) is 0 Å². The van der Waals surface area contributed by atoms with Crippen LogP contribution < -0.4 is 10.6 Å². The highest BCUT2D eigenvalue weighted by atomic mass is 32.2. The first kappa shape index (κ1) is 19.8. The summed E-state index contributed by atoms with van der Waals surface area (Å²) in [7, 11) is 0. The molecule has 2 N–H and O–H groups in total. The van der Waals surface area contributed by atoms with Crippen molar-refractivity contribution in [2.24, 2.45) is 4.99 Å². The smallest absolute Gasteiger partial charge is 0.183 e. The van der Waals surface area contributed by atoms with Crippen LogP contribution in [0.2, 0.25) is 0 Å². The first-order chi connectivity index (χ1) is 15.7. The van der Waals surface area contributed by atoms with Crippen LogP contribution in [0.5, 0.6) is 0 Å². The van der Waals surface area contributed by atoms with E-state index in [1.807, 2.05) is 11.8 Å². The van der Waals surface area contributed by atoms with E-state index < -0.39 is 0 Å². The fourth-order valence-electron chi connectivity index (χ4n) is 4.35. The quantitative estimate of drug-likeness (QED) is 0.379. The van der Waals surface area contributed by atoms with E-state index in [0.717, 1.165) is 45.6 Å². The number of thioether (sulfide) groups is 1. The third kappa shape index (κ3) is 3.87. The molecule has 4 aromatic rings. The summed E-state index contributed by atoms with van der Waals surface area (Å²) in [4.78, 5) is 9.34. The molecule has 2 aliphatic rings. The number of aliphatic imine (C=N–C) groups is 1. The fraction of sp³-hybridized carbons (Fsp3) is 0.200. The van der Waals surface area contributed by atoms with Gasteiger partial charge < -0.3 is 10.6 Å². The molecule has 1 saturated heterocycles. The number of benzene rings is 3. The van der Waals surface area contributed by atoms with Crippen molar-refractivity contribution in [2.75, 3.05) is 11.9 Å². The normalized spacial score (nSPS) is 20.3. The lowest BCUT2D eigenvalue weighted by molar-refractivity contribution is 0.630. The van der Waals surface area contributed by atoms with Crippen LogP contribution in [0.1, 0.15) is 22.7 Å². The van der Waals surface area contributed by atoms with Crippen molar-refractivity contribution in [1.82, 2.24) is 10.3 Å². The Morgan fingerprint density at radius 3 is 2.88 bits per heavy atom. The van der Waals surface area contributed by atoms with Crippen molar-refractivity contribution >= 4 is 49.3 Å². The third-order valence-electron chi connectivity index (χ3n) is 5.93. The lowest BCUT2D eigenvalue weighted by atomic mass is 10.1. The first-order valence-corrected chi connectivity index (χ1v) is 12.4. The van der Waals surface area contributed by atoms with Gasteiger partial charge in [0.1, 0.15) is 5.82 Å². The number of amidine groups is 1. The van der Waals surface area contributed by atoms with E-state index in [0.29, 0.717) is 11.3 Å². The molecule has 2 atom stereocenters. The zero-order valence-corrected chi connectivity index (χ0v) is 18.8. The number of thiazole rings is 1. The summed E-state index contributed by atoms with van der Waals surface area (Å²) in [6.07, 6.45) is 1.99. The molecule has 1 aliphatic heterocycles. The zero-order valence-electron chi connectivity index (χ0n) is 17.2. The number of aromatic nitrogens is 1. The average Bonchev–Trinajstić information content (AvgIpc) is 3.47. The Kier molecular flexibility index (Phi) is 5.08.